The summed E-state index contributed by atoms with van der Waals surface area (Å²) >= 11 is -2.59. The minimum Gasteiger partial charge on any atom is -1.00 e. The molecule has 4 aromatic rings. The summed E-state index contributed by atoms with van der Waals surface area (Å²) in [6.45, 7) is 2.26. The molecule has 0 amide bonds. The number of hydrogen-bond acceptors (Lipinski definition) is 1. The van der Waals surface area contributed by atoms with Crippen LogP contribution in [0.15, 0.2) is 118 Å². The Bertz CT molecular complexity index is 1510. The van der Waals surface area contributed by atoms with Crippen molar-refractivity contribution in [3.8, 4) is 11.1 Å². The normalized spacial score (nSPS) is 12.6. The van der Waals surface area contributed by atoms with Gasteiger partial charge in [-0.2, -0.15) is 0 Å². The summed E-state index contributed by atoms with van der Waals surface area (Å²) in [6, 6.07) is 36.2. The third kappa shape index (κ3) is 5.20. The Morgan fingerprint density at radius 3 is 1.92 bits per heavy atom. The van der Waals surface area contributed by atoms with E-state index in [9.17, 15) is 0 Å². The molecule has 0 heterocycles. The number of anilines is 1. The van der Waals surface area contributed by atoms with E-state index in [1.807, 2.05) is 0 Å². The largest absolute Gasteiger partial charge is 1.00 e. The van der Waals surface area contributed by atoms with Gasteiger partial charge in [-0.1, -0.05) is 0 Å². The van der Waals surface area contributed by atoms with Crippen LogP contribution in [0.4, 0.5) is 5.69 Å². The van der Waals surface area contributed by atoms with Gasteiger partial charge in [0.1, 0.15) is 0 Å². The zero-order chi connectivity index (χ0) is 24.6. The summed E-state index contributed by atoms with van der Waals surface area (Å²) in [6.07, 6.45) is 7.05. The summed E-state index contributed by atoms with van der Waals surface area (Å²) in [5, 5.41) is 0. The van der Waals surface area contributed by atoms with Gasteiger partial charge in [0.25, 0.3) is 0 Å². The first-order valence-corrected chi connectivity index (χ1v) is 16.4. The number of halogens is 2. The fraction of sp³-hybridized carbons (Fsp3) is 0.147. The summed E-state index contributed by atoms with van der Waals surface area (Å²) in [7, 11) is 4.35. The summed E-state index contributed by atoms with van der Waals surface area (Å²) in [4.78, 5) is 2.29. The maximum Gasteiger partial charge on any atom is -1.00 e. The van der Waals surface area contributed by atoms with E-state index in [1.54, 1.807) is 15.3 Å². The van der Waals surface area contributed by atoms with Gasteiger partial charge >= 0.3 is 224 Å². The Kier molecular flexibility index (Phi) is 9.09. The molecule has 6 rings (SSSR count). The second kappa shape index (κ2) is 12.1. The van der Waals surface area contributed by atoms with E-state index < -0.39 is 21.3 Å². The molecule has 2 aliphatic carbocycles. The van der Waals surface area contributed by atoms with Crippen molar-refractivity contribution < 1.29 is 46.1 Å². The first-order chi connectivity index (χ1) is 17.6. The van der Waals surface area contributed by atoms with Crippen LogP contribution >= 0.6 is 0 Å². The minimum atomic E-state index is -2.59. The first-order valence-electron chi connectivity index (χ1n) is 12.8. The van der Waals surface area contributed by atoms with Crippen LogP contribution < -0.4 is 33.0 Å². The van der Waals surface area contributed by atoms with Crippen molar-refractivity contribution in [3.63, 3.8) is 0 Å². The van der Waals surface area contributed by atoms with Crippen LogP contribution in [0, 0.1) is 0 Å². The van der Waals surface area contributed by atoms with Gasteiger partial charge in [0.05, 0.1) is 0 Å². The van der Waals surface area contributed by atoms with Crippen LogP contribution in [0.3, 0.4) is 0 Å². The number of allylic oxidation sites excluding steroid dienone is 4. The van der Waals surface area contributed by atoms with E-state index in [0.717, 1.165) is 12.8 Å². The number of fused-ring (bicyclic) bond motifs is 3. The topological polar surface area (TPSA) is 3.24 Å². The summed E-state index contributed by atoms with van der Waals surface area (Å²) in [5.41, 5.74) is 11.4. The van der Waals surface area contributed by atoms with Crippen LogP contribution in [-0.2, 0) is 27.7 Å². The SMILES string of the molecule is CC1=CC[C]([Zr+2](=[C](c2ccccc2)c2ccccc2)[c]2ccc(N(C)C)c3c2Cc2ccccc2-3)=C1.[Cl-].[Cl-]. The number of nitrogens with zero attached hydrogens (tertiary/aromatic N) is 1. The number of rotatable bonds is 5. The molecule has 0 bridgehead atoms. The summed E-state index contributed by atoms with van der Waals surface area (Å²) < 4.78 is 4.89. The van der Waals surface area contributed by atoms with E-state index in [4.69, 9.17) is 0 Å². The van der Waals surface area contributed by atoms with E-state index >= 15 is 0 Å². The van der Waals surface area contributed by atoms with Crippen molar-refractivity contribution >= 4 is 12.2 Å². The van der Waals surface area contributed by atoms with Crippen molar-refractivity contribution in [1.29, 1.82) is 0 Å². The number of benzene rings is 4. The van der Waals surface area contributed by atoms with E-state index in [-0.39, 0.29) is 24.8 Å². The molecule has 4 heteroatoms. The Balaban J connectivity index is 0.00000168. The molecule has 38 heavy (non-hydrogen) atoms. The molecule has 0 radical (unpaired) electrons. The predicted molar refractivity (Wildman–Crippen MR) is 151 cm³/mol. The first kappa shape index (κ1) is 28.5. The molecule has 0 aromatic heterocycles. The maximum absolute atomic E-state index is 2.59. The van der Waals surface area contributed by atoms with Crippen molar-refractivity contribution in [2.75, 3.05) is 19.0 Å². The van der Waals surface area contributed by atoms with Gasteiger partial charge in [-0.05, 0) is 0 Å². The molecule has 0 atom stereocenters. The predicted octanol–water partition coefficient (Wildman–Crippen LogP) is 1.08. The van der Waals surface area contributed by atoms with Gasteiger partial charge < -0.3 is 24.8 Å². The molecule has 0 saturated heterocycles. The maximum atomic E-state index is 2.51. The second-order valence-corrected chi connectivity index (χ2v) is 16.0. The minimum absolute atomic E-state index is 0. The Hall–Kier alpha value is -2.51. The van der Waals surface area contributed by atoms with Gasteiger partial charge in [-0.15, -0.1) is 0 Å². The molecule has 0 spiro atoms. The zero-order valence-corrected chi connectivity index (χ0v) is 26.0. The molecule has 0 unspecified atom stereocenters. The zero-order valence-electron chi connectivity index (χ0n) is 22.0. The van der Waals surface area contributed by atoms with E-state index in [1.165, 1.54) is 39.1 Å². The molecule has 0 N–H and O–H groups in total. The van der Waals surface area contributed by atoms with Crippen LogP contribution in [0.25, 0.3) is 11.1 Å². The van der Waals surface area contributed by atoms with Gasteiger partial charge in [-0.25, -0.2) is 0 Å². The molecule has 4 aromatic carbocycles. The average molecular weight is 616 g/mol. The van der Waals surface area contributed by atoms with E-state index in [2.05, 4.69) is 135 Å². The second-order valence-electron chi connectivity index (χ2n) is 10.0. The molecular formula is C34H31Cl2NZr. The Morgan fingerprint density at radius 1 is 0.737 bits per heavy atom. The molecule has 190 valence electrons. The van der Waals surface area contributed by atoms with E-state index in [0.29, 0.717) is 0 Å². The van der Waals surface area contributed by atoms with Crippen molar-refractivity contribution in [3.05, 3.63) is 140 Å². The Morgan fingerprint density at radius 2 is 1.34 bits per heavy atom. The van der Waals surface area contributed by atoms with Gasteiger partial charge in [0.15, 0.2) is 0 Å². The third-order valence-corrected chi connectivity index (χ3v) is 15.0. The van der Waals surface area contributed by atoms with Crippen molar-refractivity contribution in [2.24, 2.45) is 0 Å². The Labute approximate surface area is 246 Å². The van der Waals surface area contributed by atoms with Crippen LogP contribution in [-0.4, -0.2) is 17.3 Å². The standard InChI is InChI=1S/C15H14N.C13H10.C6H7.2ClH.Zr/c1-16(2)14-9-5-7-12-10-11-6-3-4-8-13(11)15(12)14;1-3-7-12(8-4-1)11-13-9-5-2-6-10-13;1-6-4-2-3-5-6;;;/h3-6,8-9H,10H2,1-2H3;1-10H;4-5H,2H2,1H3;2*1H;/q;;;;;+2/p-2. The van der Waals surface area contributed by atoms with Gasteiger partial charge in [-0.3, -0.25) is 0 Å². The molecule has 0 aliphatic heterocycles. The van der Waals surface area contributed by atoms with Crippen LogP contribution in [0.1, 0.15) is 35.6 Å². The van der Waals surface area contributed by atoms with Crippen molar-refractivity contribution in [2.45, 2.75) is 19.8 Å². The van der Waals surface area contributed by atoms with Crippen LogP contribution in [0.5, 0.6) is 0 Å². The van der Waals surface area contributed by atoms with Crippen molar-refractivity contribution in [1.82, 2.24) is 0 Å². The molecule has 0 saturated carbocycles. The number of hydrogen-bond donors (Lipinski definition) is 0. The third-order valence-electron chi connectivity index (χ3n) is 7.44. The van der Waals surface area contributed by atoms with Gasteiger partial charge in [0.2, 0.25) is 0 Å². The smallest absolute Gasteiger partial charge is 1.00 e. The molecular weight excluding hydrogens is 585 g/mol. The molecule has 2 aliphatic rings. The summed E-state index contributed by atoms with van der Waals surface area (Å²) in [5.74, 6) is 0. The molecule has 0 fully saturated rings. The van der Waals surface area contributed by atoms with Gasteiger partial charge in [0, 0.05) is 0 Å². The quantitative estimate of drug-likeness (QED) is 0.286. The fourth-order valence-electron chi connectivity index (χ4n) is 5.81. The average Bonchev–Trinajstić information content (AvgIpc) is 3.51. The monoisotopic (exact) mass is 613 g/mol. The molecule has 1 nitrogen and oxygen atoms in total. The fourth-order valence-corrected chi connectivity index (χ4v) is 13.9. The van der Waals surface area contributed by atoms with Crippen LogP contribution in [0.2, 0.25) is 0 Å².